The Hall–Kier alpha value is -1.11. The van der Waals surface area contributed by atoms with Crippen molar-refractivity contribution in [3.63, 3.8) is 0 Å². The lowest BCUT2D eigenvalue weighted by atomic mass is 9.87. The van der Waals surface area contributed by atoms with Crippen LogP contribution in [0, 0.1) is 0 Å². The second-order valence-corrected chi connectivity index (χ2v) is 8.08. The predicted molar refractivity (Wildman–Crippen MR) is 98.1 cm³/mol. The van der Waals surface area contributed by atoms with Gasteiger partial charge in [-0.1, -0.05) is 12.1 Å². The van der Waals surface area contributed by atoms with Gasteiger partial charge in [-0.2, -0.15) is 13.2 Å². The van der Waals surface area contributed by atoms with Gasteiger partial charge in [0.15, 0.2) is 0 Å². The number of hydrogen-bond donors (Lipinski definition) is 1. The Morgan fingerprint density at radius 1 is 1.12 bits per heavy atom. The summed E-state index contributed by atoms with van der Waals surface area (Å²) >= 11 is 0. The van der Waals surface area contributed by atoms with Crippen molar-refractivity contribution in [2.24, 2.45) is 0 Å². The van der Waals surface area contributed by atoms with Crippen molar-refractivity contribution < 1.29 is 13.2 Å². The summed E-state index contributed by atoms with van der Waals surface area (Å²) in [6.07, 6.45) is -1.92. The number of nitrogens with zero attached hydrogens (tertiary/aromatic N) is 2. The maximum atomic E-state index is 12.8. The minimum absolute atomic E-state index is 0.121. The summed E-state index contributed by atoms with van der Waals surface area (Å²) in [4.78, 5) is 5.04. The molecule has 0 bridgehead atoms. The molecule has 0 spiro atoms. The fourth-order valence-electron chi connectivity index (χ4n) is 4.46. The van der Waals surface area contributed by atoms with Crippen molar-refractivity contribution in [2.75, 3.05) is 32.7 Å². The highest BCUT2D eigenvalue weighted by Crippen LogP contribution is 2.33. The molecule has 2 aliphatic heterocycles. The van der Waals surface area contributed by atoms with Crippen molar-refractivity contribution in [1.29, 1.82) is 0 Å². The third kappa shape index (κ3) is 4.07. The molecule has 2 aliphatic rings. The van der Waals surface area contributed by atoms with E-state index in [1.807, 2.05) is 0 Å². The molecule has 0 aliphatic carbocycles. The second kappa shape index (κ2) is 7.49. The highest BCUT2D eigenvalue weighted by Gasteiger charge is 2.38. The van der Waals surface area contributed by atoms with Crippen LogP contribution in [0.3, 0.4) is 0 Å². The van der Waals surface area contributed by atoms with Gasteiger partial charge in [-0.05, 0) is 64.4 Å². The monoisotopic (exact) mass is 369 g/mol. The van der Waals surface area contributed by atoms with E-state index < -0.39 is 11.7 Å². The lowest BCUT2D eigenvalue weighted by Crippen LogP contribution is -2.61. The van der Waals surface area contributed by atoms with Crippen molar-refractivity contribution in [1.82, 2.24) is 15.1 Å². The van der Waals surface area contributed by atoms with Gasteiger partial charge in [0.2, 0.25) is 0 Å². The van der Waals surface area contributed by atoms with Crippen molar-refractivity contribution in [3.8, 4) is 0 Å². The largest absolute Gasteiger partial charge is 0.416 e. The van der Waals surface area contributed by atoms with Crippen LogP contribution in [-0.4, -0.2) is 54.1 Å². The Kier molecular flexibility index (Phi) is 5.66. The van der Waals surface area contributed by atoms with Crippen LogP contribution in [0.15, 0.2) is 24.3 Å². The van der Waals surface area contributed by atoms with Gasteiger partial charge in [0, 0.05) is 37.3 Å². The number of benzene rings is 1. The smallest absolute Gasteiger partial charge is 0.317 e. The number of alkyl halides is 3. The molecule has 146 valence electrons. The number of rotatable bonds is 3. The first-order chi connectivity index (χ1) is 12.2. The van der Waals surface area contributed by atoms with Gasteiger partial charge >= 0.3 is 6.18 Å². The molecule has 3 rings (SSSR count). The van der Waals surface area contributed by atoms with E-state index in [9.17, 15) is 13.2 Å². The van der Waals surface area contributed by atoms with E-state index in [2.05, 4.69) is 35.9 Å². The van der Waals surface area contributed by atoms with Gasteiger partial charge in [-0.25, -0.2) is 0 Å². The van der Waals surface area contributed by atoms with E-state index in [-0.39, 0.29) is 11.6 Å². The highest BCUT2D eigenvalue weighted by atomic mass is 19.4. The molecule has 6 heteroatoms. The van der Waals surface area contributed by atoms with E-state index in [0.717, 1.165) is 38.3 Å². The molecule has 0 saturated carbocycles. The molecule has 1 N–H and O–H groups in total. The molecule has 26 heavy (non-hydrogen) atoms. The zero-order valence-corrected chi connectivity index (χ0v) is 15.9. The van der Waals surface area contributed by atoms with Crippen LogP contribution in [0.2, 0.25) is 0 Å². The molecule has 0 unspecified atom stereocenters. The summed E-state index contributed by atoms with van der Waals surface area (Å²) < 4.78 is 38.3. The van der Waals surface area contributed by atoms with Crippen LogP contribution in [0.4, 0.5) is 13.2 Å². The summed E-state index contributed by atoms with van der Waals surface area (Å²) in [5, 5.41) is 3.44. The van der Waals surface area contributed by atoms with Crippen LogP contribution < -0.4 is 5.32 Å². The summed E-state index contributed by atoms with van der Waals surface area (Å²) in [7, 11) is 0. The molecule has 3 nitrogen and oxygen atoms in total. The third-order valence-electron chi connectivity index (χ3n) is 6.34. The quantitative estimate of drug-likeness (QED) is 0.871. The molecule has 0 aromatic heterocycles. The lowest BCUT2D eigenvalue weighted by molar-refractivity contribution is -0.137. The van der Waals surface area contributed by atoms with Crippen LogP contribution in [0.1, 0.15) is 50.8 Å². The molecule has 0 radical (unpaired) electrons. The van der Waals surface area contributed by atoms with Crippen LogP contribution in [0.25, 0.3) is 0 Å². The number of hydrogen-bond acceptors (Lipinski definition) is 3. The zero-order chi connectivity index (χ0) is 18.9. The van der Waals surface area contributed by atoms with E-state index in [4.69, 9.17) is 0 Å². The Morgan fingerprint density at radius 3 is 2.27 bits per heavy atom. The average molecular weight is 369 g/mol. The Bertz CT molecular complexity index is 593. The van der Waals surface area contributed by atoms with Gasteiger partial charge in [0.05, 0.1) is 5.56 Å². The first kappa shape index (κ1) is 19.6. The number of nitrogens with one attached hydrogen (secondary N) is 1. The molecule has 1 aromatic rings. The SMILES string of the molecule is C[C@H]1CN(C2(C)CCNCC2)CCN1[C@@H](C)c1ccc(C(F)(F)F)cc1. The second-order valence-electron chi connectivity index (χ2n) is 8.08. The van der Waals surface area contributed by atoms with Crippen LogP contribution in [-0.2, 0) is 6.18 Å². The van der Waals surface area contributed by atoms with E-state index in [1.165, 1.54) is 25.0 Å². The molecular formula is C20H30F3N3. The topological polar surface area (TPSA) is 18.5 Å². The third-order valence-corrected chi connectivity index (χ3v) is 6.34. The van der Waals surface area contributed by atoms with Crippen LogP contribution >= 0.6 is 0 Å². The summed E-state index contributed by atoms with van der Waals surface area (Å²) in [5.74, 6) is 0. The zero-order valence-electron chi connectivity index (χ0n) is 15.9. The normalized spacial score (nSPS) is 26.6. The van der Waals surface area contributed by atoms with Crippen molar-refractivity contribution in [3.05, 3.63) is 35.4 Å². The number of halogens is 3. The van der Waals surface area contributed by atoms with Gasteiger partial charge in [-0.3, -0.25) is 9.80 Å². The predicted octanol–water partition coefficient (Wildman–Crippen LogP) is 3.91. The van der Waals surface area contributed by atoms with Crippen molar-refractivity contribution >= 4 is 0 Å². The van der Waals surface area contributed by atoms with Gasteiger partial charge in [-0.15, -0.1) is 0 Å². The van der Waals surface area contributed by atoms with Gasteiger partial charge in [0.1, 0.15) is 0 Å². The fraction of sp³-hybridized carbons (Fsp3) is 0.700. The number of piperidine rings is 1. The van der Waals surface area contributed by atoms with Crippen LogP contribution in [0.5, 0.6) is 0 Å². The van der Waals surface area contributed by atoms with Gasteiger partial charge < -0.3 is 5.32 Å². The fourth-order valence-corrected chi connectivity index (χ4v) is 4.46. The Morgan fingerprint density at radius 2 is 1.73 bits per heavy atom. The standard InChI is InChI=1S/C20H30F3N3/c1-15-14-25(19(3)8-10-24-11-9-19)12-13-26(15)16(2)17-4-6-18(7-5-17)20(21,22)23/h4-7,15-16,24H,8-14H2,1-3H3/t15-,16-/m0/s1. The first-order valence-corrected chi connectivity index (χ1v) is 9.59. The maximum absolute atomic E-state index is 12.8. The minimum atomic E-state index is -4.27. The molecule has 0 amide bonds. The van der Waals surface area contributed by atoms with Crippen molar-refractivity contribution in [2.45, 2.75) is 57.4 Å². The number of piperazine rings is 1. The first-order valence-electron chi connectivity index (χ1n) is 9.59. The molecule has 2 heterocycles. The van der Waals surface area contributed by atoms with Gasteiger partial charge in [0.25, 0.3) is 0 Å². The molecule has 1 aromatic carbocycles. The molecular weight excluding hydrogens is 339 g/mol. The molecule has 2 atom stereocenters. The summed E-state index contributed by atoms with van der Waals surface area (Å²) in [6.45, 7) is 11.8. The van der Waals surface area contributed by atoms with E-state index >= 15 is 0 Å². The average Bonchev–Trinajstić information content (AvgIpc) is 2.61. The maximum Gasteiger partial charge on any atom is 0.416 e. The van der Waals surface area contributed by atoms with E-state index in [1.54, 1.807) is 12.1 Å². The Labute approximate surface area is 154 Å². The summed E-state index contributed by atoms with van der Waals surface area (Å²) in [6, 6.07) is 6.15. The summed E-state index contributed by atoms with van der Waals surface area (Å²) in [5.41, 5.74) is 0.639. The minimum Gasteiger partial charge on any atom is -0.317 e. The Balaban J connectivity index is 1.65. The van der Waals surface area contributed by atoms with E-state index in [0.29, 0.717) is 6.04 Å². The molecule has 2 fully saturated rings. The molecule has 2 saturated heterocycles. The lowest BCUT2D eigenvalue weighted by Gasteiger charge is -2.51. The highest BCUT2D eigenvalue weighted by molar-refractivity contribution is 5.26.